The molecule has 2 aromatic rings. The van der Waals surface area contributed by atoms with Gasteiger partial charge >= 0.3 is 12.1 Å². The highest BCUT2D eigenvalue weighted by atomic mass is 19.4. The van der Waals surface area contributed by atoms with Crippen molar-refractivity contribution in [1.29, 1.82) is 0 Å². The van der Waals surface area contributed by atoms with Crippen molar-refractivity contribution in [3.8, 4) is 0 Å². The number of halogens is 3. The molecular formula is C33H38F3N3O4. The van der Waals surface area contributed by atoms with Crippen LogP contribution in [0.25, 0.3) is 0 Å². The van der Waals surface area contributed by atoms with Crippen molar-refractivity contribution in [2.75, 3.05) is 6.54 Å². The molecule has 0 saturated heterocycles. The van der Waals surface area contributed by atoms with Crippen LogP contribution in [0.3, 0.4) is 0 Å². The topological polar surface area (TPSA) is 99.1 Å². The number of aliphatic imine (C=N–C) groups is 1. The molecule has 2 aliphatic carbocycles. The SMILES string of the molecule is C[C@H]1C[C@]1(c1ccc(C(=O)NCCC(=O)O)cc1)N1C(=O)C(c2cccc(C(F)(F)F)c2)=NC12CCC(C(C)(C)C)CC2. The summed E-state index contributed by atoms with van der Waals surface area (Å²) in [7, 11) is 0. The van der Waals surface area contributed by atoms with Gasteiger partial charge in [0.2, 0.25) is 0 Å². The third-order valence-electron chi connectivity index (χ3n) is 9.56. The monoisotopic (exact) mass is 597 g/mol. The minimum Gasteiger partial charge on any atom is -0.481 e. The van der Waals surface area contributed by atoms with E-state index in [9.17, 15) is 27.6 Å². The minimum absolute atomic E-state index is 0.00685. The van der Waals surface area contributed by atoms with E-state index in [1.54, 1.807) is 12.1 Å². The first-order valence-electron chi connectivity index (χ1n) is 14.8. The maximum Gasteiger partial charge on any atom is 0.416 e. The lowest BCUT2D eigenvalue weighted by atomic mass is 9.69. The summed E-state index contributed by atoms with van der Waals surface area (Å²) in [6.07, 6.45) is -1.16. The van der Waals surface area contributed by atoms with Gasteiger partial charge in [-0.25, -0.2) is 0 Å². The summed E-state index contributed by atoms with van der Waals surface area (Å²) in [6.45, 7) is 8.67. The number of hydrogen-bond donors (Lipinski definition) is 2. The van der Waals surface area contributed by atoms with Crippen molar-refractivity contribution >= 4 is 23.5 Å². The van der Waals surface area contributed by atoms with Gasteiger partial charge in [0, 0.05) is 17.7 Å². The summed E-state index contributed by atoms with van der Waals surface area (Å²) in [5.74, 6) is -1.27. The van der Waals surface area contributed by atoms with Gasteiger partial charge in [0.25, 0.3) is 11.8 Å². The predicted molar refractivity (Wildman–Crippen MR) is 155 cm³/mol. The van der Waals surface area contributed by atoms with Crippen molar-refractivity contribution in [1.82, 2.24) is 10.2 Å². The average molecular weight is 598 g/mol. The molecule has 2 N–H and O–H groups in total. The van der Waals surface area contributed by atoms with Crippen LogP contribution >= 0.6 is 0 Å². The predicted octanol–water partition coefficient (Wildman–Crippen LogP) is 6.41. The Hall–Kier alpha value is -3.69. The summed E-state index contributed by atoms with van der Waals surface area (Å²) in [4.78, 5) is 44.6. The number of benzene rings is 2. The standard InChI is InChI=1S/C33H38F3N3O4/c1-20-19-32(20,24-10-8-21(9-11-24)28(42)37-17-14-26(40)41)39-29(43)27(22-6-5-7-25(18-22)33(34,35)36)38-31(39)15-12-23(13-16-31)30(2,3)4/h5-11,18,20,23H,12-17,19H2,1-4H3,(H,37,42)(H,40,41)/t20-,23?,31?,32-/m0/s1. The number of carbonyl (C=O) groups is 3. The van der Waals surface area contributed by atoms with E-state index < -0.39 is 34.8 Å². The van der Waals surface area contributed by atoms with Crippen LogP contribution in [0.1, 0.15) is 93.3 Å². The fourth-order valence-electron chi connectivity index (χ4n) is 7.01. The number of nitrogens with one attached hydrogen (secondary N) is 1. The molecule has 1 aliphatic heterocycles. The number of nitrogens with zero attached hydrogens (tertiary/aromatic N) is 2. The molecule has 2 fully saturated rings. The van der Waals surface area contributed by atoms with Crippen LogP contribution in [0, 0.1) is 17.3 Å². The number of rotatable bonds is 7. The van der Waals surface area contributed by atoms with E-state index in [1.807, 2.05) is 17.0 Å². The molecule has 1 heterocycles. The largest absolute Gasteiger partial charge is 0.481 e. The fraction of sp³-hybridized carbons (Fsp3) is 0.515. The van der Waals surface area contributed by atoms with Crippen molar-refractivity contribution in [3.05, 3.63) is 70.8 Å². The Balaban J connectivity index is 1.51. The molecule has 5 rings (SSSR count). The second kappa shape index (κ2) is 10.8. The maximum absolute atomic E-state index is 14.4. The zero-order valence-electron chi connectivity index (χ0n) is 24.9. The van der Waals surface area contributed by atoms with Gasteiger partial charge in [0.1, 0.15) is 11.4 Å². The van der Waals surface area contributed by atoms with Crippen LogP contribution in [0.5, 0.6) is 0 Å². The van der Waals surface area contributed by atoms with Crippen LogP contribution in [0.15, 0.2) is 53.5 Å². The zero-order chi connectivity index (χ0) is 31.4. The number of hydrogen-bond acceptors (Lipinski definition) is 4. The van der Waals surface area contributed by atoms with Crippen molar-refractivity contribution in [2.45, 2.75) is 83.6 Å². The van der Waals surface area contributed by atoms with Gasteiger partial charge in [-0.05, 0) is 79.2 Å². The molecule has 10 heteroatoms. The summed E-state index contributed by atoms with van der Waals surface area (Å²) >= 11 is 0. The van der Waals surface area contributed by atoms with E-state index in [1.165, 1.54) is 12.1 Å². The van der Waals surface area contributed by atoms with Gasteiger partial charge in [-0.3, -0.25) is 19.4 Å². The molecular weight excluding hydrogens is 559 g/mol. The quantitative estimate of drug-likeness (QED) is 0.385. The molecule has 1 spiro atoms. The molecule has 0 radical (unpaired) electrons. The Morgan fingerprint density at radius 3 is 2.23 bits per heavy atom. The number of carbonyl (C=O) groups excluding carboxylic acids is 2. The van der Waals surface area contributed by atoms with Crippen LogP contribution in [-0.4, -0.2) is 45.7 Å². The Labute approximate surface area is 249 Å². The Bertz CT molecular complexity index is 1450. The molecule has 3 aliphatic rings. The van der Waals surface area contributed by atoms with E-state index in [0.717, 1.165) is 30.5 Å². The first kappa shape index (κ1) is 30.8. The highest BCUT2D eigenvalue weighted by Crippen LogP contribution is 2.62. The molecule has 2 aromatic carbocycles. The third kappa shape index (κ3) is 5.68. The molecule has 2 saturated carbocycles. The Kier molecular flexibility index (Phi) is 7.72. The lowest BCUT2D eigenvalue weighted by Gasteiger charge is -2.48. The van der Waals surface area contributed by atoms with E-state index in [2.05, 4.69) is 33.0 Å². The van der Waals surface area contributed by atoms with Gasteiger partial charge < -0.3 is 15.3 Å². The van der Waals surface area contributed by atoms with E-state index in [-0.39, 0.29) is 41.5 Å². The molecule has 7 nitrogen and oxygen atoms in total. The van der Waals surface area contributed by atoms with Crippen LogP contribution < -0.4 is 5.32 Å². The summed E-state index contributed by atoms with van der Waals surface area (Å²) in [6, 6.07) is 11.8. The lowest BCUT2D eigenvalue weighted by Crippen LogP contribution is -2.55. The first-order chi connectivity index (χ1) is 20.1. The van der Waals surface area contributed by atoms with E-state index in [0.29, 0.717) is 30.7 Å². The van der Waals surface area contributed by atoms with Crippen LogP contribution in [0.4, 0.5) is 13.2 Å². The highest BCUT2D eigenvalue weighted by molar-refractivity contribution is 6.47. The smallest absolute Gasteiger partial charge is 0.416 e. The molecule has 0 unspecified atom stereocenters. The first-order valence-corrected chi connectivity index (χ1v) is 14.8. The number of carboxylic acids is 1. The van der Waals surface area contributed by atoms with Crippen molar-refractivity contribution in [2.24, 2.45) is 22.2 Å². The minimum atomic E-state index is -4.55. The second-order valence-corrected chi connectivity index (χ2v) is 13.3. The lowest BCUT2D eigenvalue weighted by molar-refractivity contribution is -0.138. The number of alkyl halides is 3. The number of aliphatic carboxylic acids is 1. The van der Waals surface area contributed by atoms with Gasteiger partial charge in [0.05, 0.1) is 17.5 Å². The summed E-state index contributed by atoms with van der Waals surface area (Å²) in [5, 5.41) is 11.4. The number of amides is 2. The highest BCUT2D eigenvalue weighted by Gasteiger charge is 2.66. The normalized spacial score (nSPS) is 27.3. The summed E-state index contributed by atoms with van der Waals surface area (Å²) in [5.41, 5.74) is -0.897. The third-order valence-corrected chi connectivity index (χ3v) is 9.56. The van der Waals surface area contributed by atoms with Gasteiger partial charge in [0.15, 0.2) is 0 Å². The molecule has 0 aromatic heterocycles. The van der Waals surface area contributed by atoms with Gasteiger partial charge in [-0.2, -0.15) is 13.2 Å². The fourth-order valence-corrected chi connectivity index (χ4v) is 7.01. The maximum atomic E-state index is 14.4. The molecule has 2 amide bonds. The molecule has 2 atom stereocenters. The Morgan fingerprint density at radius 2 is 1.70 bits per heavy atom. The van der Waals surface area contributed by atoms with Gasteiger partial charge in [-0.1, -0.05) is 52.0 Å². The Morgan fingerprint density at radius 1 is 1.07 bits per heavy atom. The van der Waals surface area contributed by atoms with Crippen LogP contribution in [-0.2, 0) is 21.3 Å². The van der Waals surface area contributed by atoms with E-state index >= 15 is 0 Å². The summed E-state index contributed by atoms with van der Waals surface area (Å²) < 4.78 is 40.8. The van der Waals surface area contributed by atoms with E-state index in [4.69, 9.17) is 10.1 Å². The average Bonchev–Trinajstić information content (AvgIpc) is 3.52. The molecule has 0 bridgehead atoms. The van der Waals surface area contributed by atoms with Crippen LogP contribution in [0.2, 0.25) is 0 Å². The zero-order valence-corrected chi connectivity index (χ0v) is 24.9. The molecule has 230 valence electrons. The second-order valence-electron chi connectivity index (χ2n) is 13.3. The number of carboxylic acid groups (broad SMARTS) is 1. The van der Waals surface area contributed by atoms with Gasteiger partial charge in [-0.15, -0.1) is 0 Å². The van der Waals surface area contributed by atoms with Crippen molar-refractivity contribution in [3.63, 3.8) is 0 Å². The van der Waals surface area contributed by atoms with Crippen molar-refractivity contribution < 1.29 is 32.7 Å². The molecule has 43 heavy (non-hydrogen) atoms.